The summed E-state index contributed by atoms with van der Waals surface area (Å²) in [6, 6.07) is -2.79. The fourth-order valence-electron chi connectivity index (χ4n) is 1.59. The molecule has 0 fully saturated rings. The van der Waals surface area contributed by atoms with Crippen LogP contribution in [0.1, 0.15) is 34.1 Å². The molecule has 9 heteroatoms. The minimum Gasteiger partial charge on any atom is -0.480 e. The first kappa shape index (κ1) is 22.7. The third kappa shape index (κ3) is 9.74. The molecule has 0 saturated heterocycles. The van der Waals surface area contributed by atoms with E-state index in [-0.39, 0.29) is 6.61 Å². The van der Waals surface area contributed by atoms with Gasteiger partial charge in [-0.25, -0.2) is 4.79 Å². The van der Waals surface area contributed by atoms with Crippen LogP contribution < -0.4 is 16.4 Å². The molecule has 3 atom stereocenters. The highest BCUT2D eigenvalue weighted by Gasteiger charge is 2.25. The van der Waals surface area contributed by atoms with Gasteiger partial charge in [-0.2, -0.15) is 11.8 Å². The summed E-state index contributed by atoms with van der Waals surface area (Å²) in [7, 11) is 0. The van der Waals surface area contributed by atoms with Crippen molar-refractivity contribution in [1.29, 1.82) is 0 Å². The fraction of sp³-hybridized carbons (Fsp3) is 0.800. The lowest BCUT2D eigenvalue weighted by molar-refractivity contribution is -0.142. The molecule has 0 bridgehead atoms. The third-order valence-corrected chi connectivity index (χ3v) is 3.65. The van der Waals surface area contributed by atoms with Crippen molar-refractivity contribution in [2.75, 3.05) is 18.6 Å². The molecule has 0 saturated carbocycles. The molecule has 140 valence electrons. The molecule has 0 aliphatic rings. The molecule has 5 N–H and O–H groups in total. The van der Waals surface area contributed by atoms with E-state index in [4.69, 9.17) is 15.6 Å². The van der Waals surface area contributed by atoms with E-state index in [9.17, 15) is 14.4 Å². The lowest BCUT2D eigenvalue weighted by atomic mass is 10.2. The largest absolute Gasteiger partial charge is 0.480 e. The van der Waals surface area contributed by atoms with Gasteiger partial charge in [0.05, 0.1) is 12.2 Å². The number of thioether (sulfide) groups is 1. The maximum Gasteiger partial charge on any atom is 0.326 e. The molecule has 0 unspecified atom stereocenters. The Morgan fingerprint density at radius 2 is 1.79 bits per heavy atom. The first-order valence-electron chi connectivity index (χ1n) is 7.70. The second-order valence-electron chi connectivity index (χ2n) is 6.44. The Balaban J connectivity index is 4.46. The standard InChI is InChI=1S/C15H29N3O5S/c1-9(12(19)18-11(14(21)22)6-7-24-5)17-13(20)10(16)8-23-15(2,3)4/h9-11H,6-8,16H2,1-5H3,(H,17,20)(H,18,19)(H,21,22)/t9-,10-,11-/m0/s1. The smallest absolute Gasteiger partial charge is 0.326 e. The molecule has 0 aromatic carbocycles. The SMILES string of the molecule is CSCC[C@H](NC(=O)[C@H](C)NC(=O)[C@@H](N)COC(C)(C)C)C(=O)O. The minimum absolute atomic E-state index is 0.0230. The Bertz CT molecular complexity index is 439. The zero-order valence-electron chi connectivity index (χ0n) is 14.9. The highest BCUT2D eigenvalue weighted by atomic mass is 32.2. The van der Waals surface area contributed by atoms with Crippen molar-refractivity contribution in [3.8, 4) is 0 Å². The molecule has 0 radical (unpaired) electrons. The Kier molecular flexibility index (Phi) is 9.95. The van der Waals surface area contributed by atoms with Crippen molar-refractivity contribution in [3.63, 3.8) is 0 Å². The van der Waals surface area contributed by atoms with Crippen LogP contribution in [0.15, 0.2) is 0 Å². The number of aliphatic carboxylic acids is 1. The number of carbonyl (C=O) groups is 3. The van der Waals surface area contributed by atoms with E-state index in [1.54, 1.807) is 0 Å². The van der Waals surface area contributed by atoms with Crippen molar-refractivity contribution in [3.05, 3.63) is 0 Å². The molecule has 8 nitrogen and oxygen atoms in total. The van der Waals surface area contributed by atoms with Crippen molar-refractivity contribution >= 4 is 29.5 Å². The van der Waals surface area contributed by atoms with Gasteiger partial charge in [0.25, 0.3) is 0 Å². The Hall–Kier alpha value is -1.32. The van der Waals surface area contributed by atoms with Crippen molar-refractivity contribution in [2.24, 2.45) is 5.73 Å². The lowest BCUT2D eigenvalue weighted by Gasteiger charge is -2.23. The molecular formula is C15H29N3O5S. The van der Waals surface area contributed by atoms with Gasteiger partial charge in [-0.05, 0) is 46.1 Å². The topological polar surface area (TPSA) is 131 Å². The lowest BCUT2D eigenvalue weighted by Crippen LogP contribution is -2.54. The fourth-order valence-corrected chi connectivity index (χ4v) is 2.06. The van der Waals surface area contributed by atoms with Crippen LogP contribution in [0.5, 0.6) is 0 Å². The normalized spacial score (nSPS) is 15.2. The molecule has 0 aliphatic heterocycles. The predicted octanol–water partition coefficient (Wildman–Crippen LogP) is -0.0440. The van der Waals surface area contributed by atoms with E-state index in [2.05, 4.69) is 10.6 Å². The second-order valence-corrected chi connectivity index (χ2v) is 7.43. The number of nitrogens with one attached hydrogen (secondary N) is 2. The number of ether oxygens (including phenoxy) is 1. The molecule has 0 rings (SSSR count). The van der Waals surface area contributed by atoms with E-state index in [0.717, 1.165) is 0 Å². The van der Waals surface area contributed by atoms with E-state index >= 15 is 0 Å². The molecule has 0 aliphatic carbocycles. The highest BCUT2D eigenvalue weighted by Crippen LogP contribution is 2.06. The average molecular weight is 363 g/mol. The first-order valence-corrected chi connectivity index (χ1v) is 9.09. The van der Waals surface area contributed by atoms with Crippen LogP contribution in [-0.4, -0.2) is 65.2 Å². The summed E-state index contributed by atoms with van der Waals surface area (Å²) in [5, 5.41) is 14.0. The van der Waals surface area contributed by atoms with Crippen LogP contribution >= 0.6 is 11.8 Å². The zero-order chi connectivity index (χ0) is 18.9. The van der Waals surface area contributed by atoms with Gasteiger partial charge in [-0.3, -0.25) is 9.59 Å². The van der Waals surface area contributed by atoms with Crippen LogP contribution in [0, 0.1) is 0 Å². The summed E-state index contributed by atoms with van der Waals surface area (Å²) in [6.07, 6.45) is 2.16. The molecule has 0 aromatic rings. The third-order valence-electron chi connectivity index (χ3n) is 3.01. The first-order chi connectivity index (χ1) is 11.0. The van der Waals surface area contributed by atoms with Gasteiger partial charge in [0.2, 0.25) is 11.8 Å². The number of carbonyl (C=O) groups excluding carboxylic acids is 2. The van der Waals surface area contributed by atoms with Crippen LogP contribution in [0.4, 0.5) is 0 Å². The van der Waals surface area contributed by atoms with E-state index < -0.39 is 41.5 Å². The number of nitrogens with two attached hydrogens (primary N) is 1. The molecular weight excluding hydrogens is 334 g/mol. The van der Waals surface area contributed by atoms with E-state index in [1.807, 2.05) is 27.0 Å². The summed E-state index contributed by atoms with van der Waals surface area (Å²) in [6.45, 7) is 7.02. The predicted molar refractivity (Wildman–Crippen MR) is 93.9 cm³/mol. The monoisotopic (exact) mass is 363 g/mol. The molecule has 0 heterocycles. The second kappa shape index (κ2) is 10.5. The van der Waals surface area contributed by atoms with Gasteiger partial charge >= 0.3 is 5.97 Å². The van der Waals surface area contributed by atoms with E-state index in [1.165, 1.54) is 18.7 Å². The van der Waals surface area contributed by atoms with Gasteiger partial charge in [0.15, 0.2) is 0 Å². The van der Waals surface area contributed by atoms with Gasteiger partial charge < -0.3 is 26.2 Å². The molecule has 2 amide bonds. The molecule has 0 spiro atoms. The van der Waals surface area contributed by atoms with Crippen LogP contribution in [0.3, 0.4) is 0 Å². The number of carboxylic acids is 1. The van der Waals surface area contributed by atoms with Gasteiger partial charge in [0.1, 0.15) is 18.1 Å². The zero-order valence-corrected chi connectivity index (χ0v) is 15.7. The summed E-state index contributed by atoms with van der Waals surface area (Å²) >= 11 is 1.49. The van der Waals surface area contributed by atoms with Crippen molar-refractivity contribution in [2.45, 2.75) is 57.8 Å². The molecule has 0 aromatic heterocycles. The van der Waals surface area contributed by atoms with Gasteiger partial charge in [-0.1, -0.05) is 0 Å². The van der Waals surface area contributed by atoms with Crippen LogP contribution in [0.2, 0.25) is 0 Å². The van der Waals surface area contributed by atoms with Crippen LogP contribution in [0.25, 0.3) is 0 Å². The Labute approximate surface area is 147 Å². The van der Waals surface area contributed by atoms with Crippen molar-refractivity contribution < 1.29 is 24.2 Å². The molecule has 24 heavy (non-hydrogen) atoms. The maximum atomic E-state index is 12.0. The quantitative estimate of drug-likeness (QED) is 0.428. The highest BCUT2D eigenvalue weighted by molar-refractivity contribution is 7.98. The number of hydrogen-bond donors (Lipinski definition) is 4. The minimum atomic E-state index is -1.11. The van der Waals surface area contributed by atoms with Crippen LogP contribution in [-0.2, 0) is 19.1 Å². The average Bonchev–Trinajstić information content (AvgIpc) is 2.47. The number of carboxylic acid groups (broad SMARTS) is 1. The Morgan fingerprint density at radius 3 is 2.25 bits per heavy atom. The summed E-state index contributed by atoms with van der Waals surface area (Å²) in [4.78, 5) is 35.1. The van der Waals surface area contributed by atoms with Gasteiger partial charge in [0, 0.05) is 0 Å². The summed E-state index contributed by atoms with van der Waals surface area (Å²) in [5.41, 5.74) is 5.30. The maximum absolute atomic E-state index is 12.0. The number of amides is 2. The number of rotatable bonds is 10. The summed E-state index contributed by atoms with van der Waals surface area (Å²) in [5.74, 6) is -1.60. The van der Waals surface area contributed by atoms with E-state index in [0.29, 0.717) is 12.2 Å². The number of hydrogen-bond acceptors (Lipinski definition) is 6. The van der Waals surface area contributed by atoms with Crippen molar-refractivity contribution in [1.82, 2.24) is 10.6 Å². The summed E-state index contributed by atoms with van der Waals surface area (Å²) < 4.78 is 5.43. The van der Waals surface area contributed by atoms with Gasteiger partial charge in [-0.15, -0.1) is 0 Å². The Morgan fingerprint density at radius 1 is 1.21 bits per heavy atom.